The van der Waals surface area contributed by atoms with Crippen molar-refractivity contribution in [3.63, 3.8) is 0 Å². The molecule has 0 bridgehead atoms. The number of aryl methyl sites for hydroxylation is 1. The molecular weight excluding hydrogens is 374 g/mol. The van der Waals surface area contributed by atoms with E-state index < -0.39 is 0 Å². The maximum Gasteiger partial charge on any atom is 0.230 e. The van der Waals surface area contributed by atoms with Crippen LogP contribution in [0.1, 0.15) is 18.2 Å². The fraction of sp³-hybridized carbons (Fsp3) is 0.238. The quantitative estimate of drug-likeness (QED) is 0.579. The van der Waals surface area contributed by atoms with Gasteiger partial charge in [-0.2, -0.15) is 0 Å². The lowest BCUT2D eigenvalue weighted by Gasteiger charge is -2.10. The van der Waals surface area contributed by atoms with Crippen molar-refractivity contribution in [2.75, 3.05) is 24.9 Å². The molecule has 0 spiro atoms. The number of hydrogen-bond acceptors (Lipinski definition) is 6. The molecule has 7 heteroatoms. The Morgan fingerprint density at radius 3 is 2.43 bits per heavy atom. The molecule has 6 nitrogen and oxygen atoms in total. The van der Waals surface area contributed by atoms with Gasteiger partial charge in [-0.15, -0.1) is 11.3 Å². The van der Waals surface area contributed by atoms with Gasteiger partial charge in [0.2, 0.25) is 5.91 Å². The van der Waals surface area contributed by atoms with Crippen molar-refractivity contribution in [2.24, 2.45) is 0 Å². The van der Waals surface area contributed by atoms with Gasteiger partial charge in [0.25, 0.3) is 0 Å². The minimum Gasteiger partial charge on any atom is -0.493 e. The fourth-order valence-electron chi connectivity index (χ4n) is 2.68. The van der Waals surface area contributed by atoms with Crippen LogP contribution < -0.4 is 20.1 Å². The number of thiazole rings is 1. The Bertz CT molecular complexity index is 938. The Morgan fingerprint density at radius 1 is 1.04 bits per heavy atom. The van der Waals surface area contributed by atoms with Crippen LogP contribution in [0.15, 0.2) is 47.8 Å². The largest absolute Gasteiger partial charge is 0.493 e. The number of amides is 1. The van der Waals surface area contributed by atoms with E-state index in [1.54, 1.807) is 32.4 Å². The normalized spacial score (nSPS) is 10.4. The highest BCUT2D eigenvalue weighted by Gasteiger charge is 2.10. The molecule has 3 aromatic rings. The summed E-state index contributed by atoms with van der Waals surface area (Å²) in [7, 11) is 3.13. The number of benzene rings is 2. The summed E-state index contributed by atoms with van der Waals surface area (Å²) in [4.78, 5) is 16.8. The van der Waals surface area contributed by atoms with E-state index >= 15 is 0 Å². The van der Waals surface area contributed by atoms with E-state index in [1.165, 1.54) is 16.9 Å². The molecule has 1 aromatic heterocycles. The average Bonchev–Trinajstić information content (AvgIpc) is 3.14. The summed E-state index contributed by atoms with van der Waals surface area (Å²) in [6, 6.07) is 13.5. The van der Waals surface area contributed by atoms with Crippen LogP contribution in [0.2, 0.25) is 0 Å². The van der Waals surface area contributed by atoms with Crippen LogP contribution in [0, 0.1) is 0 Å². The Labute approximate surface area is 168 Å². The molecular formula is C21H23N3O3S. The number of carbonyl (C=O) groups is 1. The van der Waals surface area contributed by atoms with Crippen molar-refractivity contribution in [1.29, 1.82) is 0 Å². The van der Waals surface area contributed by atoms with Gasteiger partial charge in [-0.3, -0.25) is 4.79 Å². The minimum absolute atomic E-state index is 0.142. The average molecular weight is 398 g/mol. The van der Waals surface area contributed by atoms with E-state index in [0.29, 0.717) is 17.2 Å². The van der Waals surface area contributed by atoms with Crippen LogP contribution in [0.25, 0.3) is 0 Å². The number of nitrogens with one attached hydrogen (secondary N) is 2. The zero-order valence-corrected chi connectivity index (χ0v) is 16.9. The first-order valence-corrected chi connectivity index (χ1v) is 9.81. The van der Waals surface area contributed by atoms with Crippen molar-refractivity contribution in [2.45, 2.75) is 19.8 Å². The number of rotatable bonds is 8. The molecule has 2 N–H and O–H groups in total. The summed E-state index contributed by atoms with van der Waals surface area (Å²) in [5.74, 6) is 1.04. The molecule has 0 aliphatic rings. The maximum atomic E-state index is 12.3. The highest BCUT2D eigenvalue weighted by Crippen LogP contribution is 2.30. The van der Waals surface area contributed by atoms with Gasteiger partial charge in [0.1, 0.15) is 0 Å². The third-order valence-electron chi connectivity index (χ3n) is 4.17. The number of ether oxygens (including phenoxy) is 2. The van der Waals surface area contributed by atoms with Gasteiger partial charge in [-0.05, 0) is 36.2 Å². The molecule has 0 fully saturated rings. The van der Waals surface area contributed by atoms with E-state index in [0.717, 1.165) is 22.9 Å². The molecule has 0 unspecified atom stereocenters. The fourth-order valence-corrected chi connectivity index (χ4v) is 3.41. The molecule has 0 saturated heterocycles. The van der Waals surface area contributed by atoms with Gasteiger partial charge >= 0.3 is 0 Å². The Hall–Kier alpha value is -3.06. The lowest BCUT2D eigenvalue weighted by atomic mass is 10.1. The van der Waals surface area contributed by atoms with Gasteiger partial charge in [-0.25, -0.2) is 4.98 Å². The second-order valence-corrected chi connectivity index (χ2v) is 6.97. The Kier molecular flexibility index (Phi) is 6.49. The standard InChI is InChI=1S/C21H23N3O3S/c1-4-14-5-7-15(8-6-14)23-21-24-17(13-28-21)12-20(25)22-16-9-10-18(26-2)19(11-16)27-3/h5-11,13H,4,12H2,1-3H3,(H,22,25)(H,23,24). The third kappa shape index (κ3) is 5.01. The lowest BCUT2D eigenvalue weighted by molar-refractivity contribution is -0.115. The summed E-state index contributed by atoms with van der Waals surface area (Å²) in [5.41, 5.74) is 3.63. The second kappa shape index (κ2) is 9.23. The van der Waals surface area contributed by atoms with Crippen LogP contribution in [-0.4, -0.2) is 25.1 Å². The number of nitrogens with zero attached hydrogens (tertiary/aromatic N) is 1. The lowest BCUT2D eigenvalue weighted by Crippen LogP contribution is -2.14. The van der Waals surface area contributed by atoms with Crippen LogP contribution in [-0.2, 0) is 17.6 Å². The first kappa shape index (κ1) is 19.7. The monoisotopic (exact) mass is 397 g/mol. The van der Waals surface area contributed by atoms with Crippen molar-refractivity contribution in [3.05, 3.63) is 59.1 Å². The molecule has 0 aliphatic carbocycles. The topological polar surface area (TPSA) is 72.5 Å². The second-order valence-electron chi connectivity index (χ2n) is 6.11. The SMILES string of the molecule is CCc1ccc(Nc2nc(CC(=O)Nc3ccc(OC)c(OC)c3)cs2)cc1. The maximum absolute atomic E-state index is 12.3. The van der Waals surface area contributed by atoms with Gasteiger partial charge in [0.05, 0.1) is 26.3 Å². The van der Waals surface area contributed by atoms with Gasteiger partial charge < -0.3 is 20.1 Å². The number of methoxy groups -OCH3 is 2. The van der Waals surface area contributed by atoms with Crippen molar-refractivity contribution in [1.82, 2.24) is 4.98 Å². The molecule has 0 atom stereocenters. The Balaban J connectivity index is 1.59. The van der Waals surface area contributed by atoms with Gasteiger partial charge in [0.15, 0.2) is 16.6 Å². The number of carbonyl (C=O) groups excluding carboxylic acids is 1. The van der Waals surface area contributed by atoms with Crippen LogP contribution >= 0.6 is 11.3 Å². The van der Waals surface area contributed by atoms with Gasteiger partial charge in [-0.1, -0.05) is 19.1 Å². The summed E-state index contributed by atoms with van der Waals surface area (Å²) < 4.78 is 10.5. The summed E-state index contributed by atoms with van der Waals surface area (Å²) in [6.07, 6.45) is 1.21. The summed E-state index contributed by atoms with van der Waals surface area (Å²) in [6.45, 7) is 2.13. The first-order valence-electron chi connectivity index (χ1n) is 8.93. The molecule has 3 rings (SSSR count). The number of aromatic nitrogens is 1. The molecule has 0 saturated carbocycles. The minimum atomic E-state index is -0.142. The molecule has 28 heavy (non-hydrogen) atoms. The van der Waals surface area contributed by atoms with E-state index in [2.05, 4.69) is 34.7 Å². The van der Waals surface area contributed by atoms with E-state index in [1.807, 2.05) is 17.5 Å². The number of anilines is 3. The molecule has 2 aromatic carbocycles. The number of hydrogen-bond donors (Lipinski definition) is 2. The van der Waals surface area contributed by atoms with Crippen LogP contribution in [0.4, 0.5) is 16.5 Å². The summed E-state index contributed by atoms with van der Waals surface area (Å²) >= 11 is 1.47. The molecule has 1 amide bonds. The van der Waals surface area contributed by atoms with E-state index in [-0.39, 0.29) is 12.3 Å². The van der Waals surface area contributed by atoms with Crippen LogP contribution in [0.3, 0.4) is 0 Å². The van der Waals surface area contributed by atoms with Crippen molar-refractivity contribution >= 4 is 33.8 Å². The van der Waals surface area contributed by atoms with Crippen molar-refractivity contribution < 1.29 is 14.3 Å². The smallest absolute Gasteiger partial charge is 0.230 e. The zero-order valence-electron chi connectivity index (χ0n) is 16.1. The van der Waals surface area contributed by atoms with E-state index in [4.69, 9.17) is 9.47 Å². The molecule has 0 radical (unpaired) electrons. The Morgan fingerprint density at radius 2 is 1.75 bits per heavy atom. The molecule has 1 heterocycles. The van der Waals surface area contributed by atoms with Crippen LogP contribution in [0.5, 0.6) is 11.5 Å². The predicted octanol–water partition coefficient (Wildman–Crippen LogP) is 4.65. The zero-order chi connectivity index (χ0) is 19.9. The summed E-state index contributed by atoms with van der Waals surface area (Å²) in [5, 5.41) is 8.78. The first-order chi connectivity index (χ1) is 13.6. The molecule has 146 valence electrons. The van der Waals surface area contributed by atoms with E-state index in [9.17, 15) is 4.79 Å². The van der Waals surface area contributed by atoms with Crippen molar-refractivity contribution in [3.8, 4) is 11.5 Å². The highest BCUT2D eigenvalue weighted by atomic mass is 32.1. The highest BCUT2D eigenvalue weighted by molar-refractivity contribution is 7.13. The predicted molar refractivity (Wildman–Crippen MR) is 113 cm³/mol. The molecule has 0 aliphatic heterocycles. The third-order valence-corrected chi connectivity index (χ3v) is 4.98. The van der Waals surface area contributed by atoms with Gasteiger partial charge in [0, 0.05) is 22.8 Å².